The van der Waals surface area contributed by atoms with Crippen molar-refractivity contribution in [2.24, 2.45) is 0 Å². The van der Waals surface area contributed by atoms with Crippen molar-refractivity contribution < 1.29 is 9.90 Å². The highest BCUT2D eigenvalue weighted by molar-refractivity contribution is 5.89. The molecule has 1 aliphatic rings. The van der Waals surface area contributed by atoms with Crippen LogP contribution in [-0.2, 0) is 10.8 Å². The van der Waals surface area contributed by atoms with E-state index in [0.29, 0.717) is 0 Å². The largest absolute Gasteiger partial charge is 0.478 e. The molecule has 1 N–H and O–H groups in total. The summed E-state index contributed by atoms with van der Waals surface area (Å²) in [6, 6.07) is 21.8. The van der Waals surface area contributed by atoms with Crippen molar-refractivity contribution in [3.63, 3.8) is 0 Å². The topological polar surface area (TPSA) is 55.1 Å². The van der Waals surface area contributed by atoms with Crippen LogP contribution in [0, 0.1) is 0 Å². The minimum atomic E-state index is -0.926. The van der Waals surface area contributed by atoms with Crippen LogP contribution in [0.25, 0.3) is 28.1 Å². The maximum atomic E-state index is 11.3. The molecule has 0 fully saturated rings. The molecule has 0 saturated carbocycles. The Kier molecular flexibility index (Phi) is 4.52. The summed E-state index contributed by atoms with van der Waals surface area (Å²) in [6.07, 6.45) is 2.31. The van der Waals surface area contributed by atoms with Crippen molar-refractivity contribution in [3.05, 3.63) is 83.4 Å². The second-order valence-corrected chi connectivity index (χ2v) is 10.1. The molecule has 4 heteroatoms. The van der Waals surface area contributed by atoms with Gasteiger partial charge in [-0.3, -0.25) is 4.57 Å². The van der Waals surface area contributed by atoms with Crippen LogP contribution in [0.2, 0.25) is 0 Å². The van der Waals surface area contributed by atoms with Crippen LogP contribution in [0.4, 0.5) is 0 Å². The van der Waals surface area contributed by atoms with Gasteiger partial charge >= 0.3 is 5.97 Å². The summed E-state index contributed by atoms with van der Waals surface area (Å²) in [6.45, 7) is 9.32. The van der Waals surface area contributed by atoms with Gasteiger partial charge in [0.25, 0.3) is 0 Å². The zero-order chi connectivity index (χ0) is 22.7. The van der Waals surface area contributed by atoms with E-state index in [1.165, 1.54) is 11.1 Å². The lowest BCUT2D eigenvalue weighted by Gasteiger charge is -2.41. The molecule has 32 heavy (non-hydrogen) atoms. The van der Waals surface area contributed by atoms with Crippen molar-refractivity contribution in [3.8, 4) is 17.1 Å². The molecule has 1 heterocycles. The molecule has 3 aromatic carbocycles. The van der Waals surface area contributed by atoms with Gasteiger partial charge in [-0.25, -0.2) is 9.78 Å². The SMILES string of the molecule is CC1(C)CCC(C)(C)c2cc3c(cc21)nc(-c1ccc(C(=O)O)cc1)n3-c1ccccc1. The van der Waals surface area contributed by atoms with Gasteiger partial charge in [0.15, 0.2) is 0 Å². The van der Waals surface area contributed by atoms with Gasteiger partial charge < -0.3 is 5.11 Å². The lowest BCUT2D eigenvalue weighted by Crippen LogP contribution is -2.33. The lowest BCUT2D eigenvalue weighted by molar-refractivity contribution is 0.0697. The Labute approximate surface area is 188 Å². The van der Waals surface area contributed by atoms with E-state index >= 15 is 0 Å². The molecule has 1 aliphatic carbocycles. The van der Waals surface area contributed by atoms with Crippen LogP contribution in [0.15, 0.2) is 66.7 Å². The van der Waals surface area contributed by atoms with E-state index in [1.807, 2.05) is 30.3 Å². The van der Waals surface area contributed by atoms with Crippen LogP contribution < -0.4 is 0 Å². The summed E-state index contributed by atoms with van der Waals surface area (Å²) >= 11 is 0. The normalized spacial score (nSPS) is 16.6. The molecule has 0 amide bonds. The molecule has 0 unspecified atom stereocenters. The fourth-order valence-corrected chi connectivity index (χ4v) is 4.93. The predicted molar refractivity (Wildman–Crippen MR) is 129 cm³/mol. The maximum Gasteiger partial charge on any atom is 0.335 e. The first-order valence-corrected chi connectivity index (χ1v) is 11.1. The maximum absolute atomic E-state index is 11.3. The molecular weight excluding hydrogens is 396 g/mol. The second-order valence-electron chi connectivity index (χ2n) is 10.1. The zero-order valence-corrected chi connectivity index (χ0v) is 19.0. The number of hydrogen-bond acceptors (Lipinski definition) is 2. The minimum absolute atomic E-state index is 0.105. The third-order valence-electron chi connectivity index (χ3n) is 7.03. The Hall–Kier alpha value is -3.40. The van der Waals surface area contributed by atoms with Crippen LogP contribution >= 0.6 is 0 Å². The van der Waals surface area contributed by atoms with Crippen LogP contribution in [-0.4, -0.2) is 20.6 Å². The van der Waals surface area contributed by atoms with Crippen molar-refractivity contribution in [1.82, 2.24) is 9.55 Å². The number of benzene rings is 3. The predicted octanol–water partition coefficient (Wildman–Crippen LogP) is 6.74. The van der Waals surface area contributed by atoms with E-state index in [1.54, 1.807) is 12.1 Å². The number of aromatic carboxylic acids is 1. The van der Waals surface area contributed by atoms with E-state index in [4.69, 9.17) is 4.98 Å². The highest BCUT2D eigenvalue weighted by Gasteiger charge is 2.37. The number of nitrogens with zero attached hydrogens (tertiary/aromatic N) is 2. The van der Waals surface area contributed by atoms with Crippen molar-refractivity contribution >= 4 is 17.0 Å². The van der Waals surface area contributed by atoms with Crippen LogP contribution in [0.5, 0.6) is 0 Å². The summed E-state index contributed by atoms with van der Waals surface area (Å²) in [7, 11) is 0. The fourth-order valence-electron chi connectivity index (χ4n) is 4.93. The third kappa shape index (κ3) is 3.22. The molecule has 4 aromatic rings. The van der Waals surface area contributed by atoms with Gasteiger partial charge in [-0.2, -0.15) is 0 Å². The number of aromatic nitrogens is 2. The van der Waals surface area contributed by atoms with E-state index in [0.717, 1.165) is 41.0 Å². The van der Waals surface area contributed by atoms with Crippen molar-refractivity contribution in [2.45, 2.75) is 51.4 Å². The molecule has 0 spiro atoms. The van der Waals surface area contributed by atoms with Crippen LogP contribution in [0.3, 0.4) is 0 Å². The van der Waals surface area contributed by atoms with Gasteiger partial charge in [-0.1, -0.05) is 58.0 Å². The molecule has 0 saturated heterocycles. The Balaban J connectivity index is 1.82. The van der Waals surface area contributed by atoms with E-state index in [9.17, 15) is 9.90 Å². The van der Waals surface area contributed by atoms with Crippen LogP contribution in [0.1, 0.15) is 62.0 Å². The molecule has 0 atom stereocenters. The Morgan fingerprint density at radius 1 is 0.875 bits per heavy atom. The molecular formula is C28H28N2O2. The molecule has 0 radical (unpaired) electrons. The number of para-hydroxylation sites is 1. The molecule has 4 nitrogen and oxygen atoms in total. The number of carboxylic acid groups (broad SMARTS) is 1. The summed E-state index contributed by atoms with van der Waals surface area (Å²) in [5.41, 5.74) is 7.25. The first-order valence-electron chi connectivity index (χ1n) is 11.1. The number of imidazole rings is 1. The van der Waals surface area contributed by atoms with Crippen molar-refractivity contribution in [2.75, 3.05) is 0 Å². The molecule has 162 valence electrons. The standard InChI is InChI=1S/C28H28N2O2/c1-27(2)14-15-28(3,4)22-17-24-23(16-21(22)27)29-25(30(24)20-8-6-5-7-9-20)18-10-12-19(13-11-18)26(31)32/h5-13,16-17H,14-15H2,1-4H3,(H,31,32). The van der Waals surface area contributed by atoms with Gasteiger partial charge in [-0.05, 0) is 71.2 Å². The number of fused-ring (bicyclic) bond motifs is 2. The fraction of sp³-hybridized carbons (Fsp3) is 0.286. The van der Waals surface area contributed by atoms with Crippen molar-refractivity contribution in [1.29, 1.82) is 0 Å². The van der Waals surface area contributed by atoms with Gasteiger partial charge in [0, 0.05) is 11.3 Å². The average molecular weight is 425 g/mol. The van der Waals surface area contributed by atoms with E-state index < -0.39 is 5.97 Å². The number of carbonyl (C=O) groups is 1. The number of hydrogen-bond donors (Lipinski definition) is 1. The highest BCUT2D eigenvalue weighted by atomic mass is 16.4. The lowest BCUT2D eigenvalue weighted by atomic mass is 9.63. The van der Waals surface area contributed by atoms with Gasteiger partial charge in [-0.15, -0.1) is 0 Å². The van der Waals surface area contributed by atoms with E-state index in [2.05, 4.69) is 56.5 Å². The second kappa shape index (κ2) is 7.06. The average Bonchev–Trinajstić information content (AvgIpc) is 3.15. The summed E-state index contributed by atoms with van der Waals surface area (Å²) in [5, 5.41) is 9.29. The third-order valence-corrected chi connectivity index (χ3v) is 7.03. The van der Waals surface area contributed by atoms with Gasteiger partial charge in [0.2, 0.25) is 0 Å². The molecule has 0 bridgehead atoms. The summed E-state index contributed by atoms with van der Waals surface area (Å²) in [4.78, 5) is 16.4. The first kappa shape index (κ1) is 20.5. The monoisotopic (exact) mass is 424 g/mol. The summed E-state index contributed by atoms with van der Waals surface area (Å²) in [5.74, 6) is -0.105. The Bertz CT molecular complexity index is 1330. The minimum Gasteiger partial charge on any atom is -0.478 e. The van der Waals surface area contributed by atoms with Gasteiger partial charge in [0.1, 0.15) is 5.82 Å². The van der Waals surface area contributed by atoms with E-state index in [-0.39, 0.29) is 16.4 Å². The zero-order valence-electron chi connectivity index (χ0n) is 19.0. The van der Waals surface area contributed by atoms with Gasteiger partial charge in [0.05, 0.1) is 16.6 Å². The highest BCUT2D eigenvalue weighted by Crippen LogP contribution is 2.47. The molecule has 5 rings (SSSR count). The smallest absolute Gasteiger partial charge is 0.335 e. The Morgan fingerprint density at radius 2 is 1.47 bits per heavy atom. The Morgan fingerprint density at radius 3 is 2.06 bits per heavy atom. The number of carboxylic acids is 1. The summed E-state index contributed by atoms with van der Waals surface area (Å²) < 4.78 is 2.20. The quantitative estimate of drug-likeness (QED) is 0.396. The number of rotatable bonds is 3. The molecule has 0 aliphatic heterocycles. The first-order chi connectivity index (χ1) is 15.2. The molecule has 1 aromatic heterocycles.